The Balaban J connectivity index is 1.83. The lowest BCUT2D eigenvalue weighted by molar-refractivity contribution is 0.146. The predicted octanol–water partition coefficient (Wildman–Crippen LogP) is 2.95. The SMILES string of the molecule is CCOCCCNC(=S)Nc1cnc2ccccc2c1. The first-order valence-corrected chi connectivity index (χ1v) is 7.18. The van der Waals surface area contributed by atoms with Gasteiger partial charge in [0, 0.05) is 25.1 Å². The number of hydrogen-bond donors (Lipinski definition) is 2. The van der Waals surface area contributed by atoms with Crippen molar-refractivity contribution in [2.24, 2.45) is 0 Å². The van der Waals surface area contributed by atoms with E-state index in [9.17, 15) is 0 Å². The van der Waals surface area contributed by atoms with Crippen LogP contribution in [-0.2, 0) is 4.74 Å². The number of hydrogen-bond acceptors (Lipinski definition) is 3. The van der Waals surface area contributed by atoms with Gasteiger partial charge < -0.3 is 15.4 Å². The standard InChI is InChI=1S/C15H19N3OS/c1-2-19-9-5-8-16-15(20)18-13-10-12-6-3-4-7-14(12)17-11-13/h3-4,6-7,10-11H,2,5,8-9H2,1H3,(H2,16,18,20). The highest BCUT2D eigenvalue weighted by Gasteiger charge is 2.00. The van der Waals surface area contributed by atoms with Gasteiger partial charge in [-0.05, 0) is 37.7 Å². The molecule has 0 amide bonds. The van der Waals surface area contributed by atoms with E-state index in [0.29, 0.717) is 5.11 Å². The molecule has 2 aromatic rings. The van der Waals surface area contributed by atoms with Gasteiger partial charge in [-0.2, -0.15) is 0 Å². The van der Waals surface area contributed by atoms with Crippen LogP contribution in [0.2, 0.25) is 0 Å². The topological polar surface area (TPSA) is 46.2 Å². The molecule has 0 fully saturated rings. The molecule has 0 unspecified atom stereocenters. The molecule has 2 rings (SSSR count). The van der Waals surface area contributed by atoms with Crippen molar-refractivity contribution in [2.75, 3.05) is 25.1 Å². The second kappa shape index (κ2) is 7.77. The Bertz CT molecular complexity index is 574. The molecule has 1 heterocycles. The summed E-state index contributed by atoms with van der Waals surface area (Å²) in [4.78, 5) is 4.39. The number of pyridine rings is 1. The zero-order chi connectivity index (χ0) is 14.2. The largest absolute Gasteiger partial charge is 0.382 e. The minimum absolute atomic E-state index is 0.610. The van der Waals surface area contributed by atoms with Crippen LogP contribution in [0, 0.1) is 0 Å². The molecule has 0 aliphatic heterocycles. The number of aromatic nitrogens is 1. The molecule has 0 bridgehead atoms. The summed E-state index contributed by atoms with van der Waals surface area (Å²) in [5, 5.41) is 8.00. The molecule has 20 heavy (non-hydrogen) atoms. The van der Waals surface area contributed by atoms with E-state index in [0.717, 1.165) is 42.8 Å². The highest BCUT2D eigenvalue weighted by atomic mass is 32.1. The lowest BCUT2D eigenvalue weighted by atomic mass is 10.2. The molecule has 4 nitrogen and oxygen atoms in total. The van der Waals surface area contributed by atoms with Crippen molar-refractivity contribution in [3.8, 4) is 0 Å². The number of benzene rings is 1. The third-order valence-corrected chi connectivity index (χ3v) is 3.05. The summed E-state index contributed by atoms with van der Waals surface area (Å²) in [5.74, 6) is 0. The Hall–Kier alpha value is -1.72. The van der Waals surface area contributed by atoms with Crippen LogP contribution < -0.4 is 10.6 Å². The summed E-state index contributed by atoms with van der Waals surface area (Å²) in [6.07, 6.45) is 2.72. The second-order valence-corrected chi connectivity index (χ2v) is 4.76. The van der Waals surface area contributed by atoms with Crippen LogP contribution in [0.3, 0.4) is 0 Å². The summed E-state index contributed by atoms with van der Waals surface area (Å²) >= 11 is 5.25. The van der Waals surface area contributed by atoms with E-state index in [1.165, 1.54) is 0 Å². The highest BCUT2D eigenvalue weighted by molar-refractivity contribution is 7.80. The van der Waals surface area contributed by atoms with Crippen molar-refractivity contribution < 1.29 is 4.74 Å². The van der Waals surface area contributed by atoms with E-state index in [1.54, 1.807) is 6.20 Å². The van der Waals surface area contributed by atoms with Crippen LogP contribution in [-0.4, -0.2) is 29.9 Å². The molecule has 1 aromatic heterocycles. The first-order valence-electron chi connectivity index (χ1n) is 6.77. The average molecular weight is 289 g/mol. The minimum atomic E-state index is 0.610. The maximum atomic E-state index is 5.27. The number of rotatable bonds is 6. The van der Waals surface area contributed by atoms with Gasteiger partial charge in [-0.3, -0.25) is 4.98 Å². The Morgan fingerprint density at radius 2 is 2.20 bits per heavy atom. The van der Waals surface area contributed by atoms with E-state index < -0.39 is 0 Å². The van der Waals surface area contributed by atoms with Crippen molar-refractivity contribution in [1.82, 2.24) is 10.3 Å². The lowest BCUT2D eigenvalue weighted by Crippen LogP contribution is -2.29. The van der Waals surface area contributed by atoms with Crippen LogP contribution in [0.5, 0.6) is 0 Å². The van der Waals surface area contributed by atoms with E-state index >= 15 is 0 Å². The number of para-hydroxylation sites is 1. The van der Waals surface area contributed by atoms with Crippen molar-refractivity contribution in [2.45, 2.75) is 13.3 Å². The number of ether oxygens (including phenoxy) is 1. The summed E-state index contributed by atoms with van der Waals surface area (Å²) in [5.41, 5.74) is 1.87. The molecule has 0 atom stereocenters. The van der Waals surface area contributed by atoms with E-state index in [-0.39, 0.29) is 0 Å². The smallest absolute Gasteiger partial charge is 0.170 e. The van der Waals surface area contributed by atoms with E-state index in [4.69, 9.17) is 17.0 Å². The summed E-state index contributed by atoms with van der Waals surface area (Å²) < 4.78 is 5.27. The molecule has 0 radical (unpaired) electrons. The Morgan fingerprint density at radius 1 is 1.35 bits per heavy atom. The molecule has 0 spiro atoms. The molecular weight excluding hydrogens is 270 g/mol. The quantitative estimate of drug-likeness (QED) is 0.632. The van der Waals surface area contributed by atoms with Crippen LogP contribution in [0.15, 0.2) is 36.5 Å². The molecule has 0 aliphatic rings. The van der Waals surface area contributed by atoms with Gasteiger partial charge in [0.2, 0.25) is 0 Å². The van der Waals surface area contributed by atoms with Crippen LogP contribution in [0.4, 0.5) is 5.69 Å². The van der Waals surface area contributed by atoms with Crippen LogP contribution in [0.1, 0.15) is 13.3 Å². The fraction of sp³-hybridized carbons (Fsp3) is 0.333. The normalized spacial score (nSPS) is 10.4. The summed E-state index contributed by atoms with van der Waals surface area (Å²) in [6, 6.07) is 10.0. The first kappa shape index (κ1) is 14.7. The van der Waals surface area contributed by atoms with Crippen LogP contribution in [0.25, 0.3) is 10.9 Å². The molecule has 0 saturated carbocycles. The van der Waals surface area contributed by atoms with Gasteiger partial charge in [0.15, 0.2) is 5.11 Å². The third kappa shape index (κ3) is 4.43. The number of fused-ring (bicyclic) bond motifs is 1. The molecule has 1 aromatic carbocycles. The molecule has 5 heteroatoms. The fourth-order valence-electron chi connectivity index (χ4n) is 1.84. The molecule has 106 valence electrons. The van der Waals surface area contributed by atoms with Crippen molar-refractivity contribution in [3.05, 3.63) is 36.5 Å². The van der Waals surface area contributed by atoms with Crippen molar-refractivity contribution in [1.29, 1.82) is 0 Å². The molecule has 0 saturated heterocycles. The van der Waals surface area contributed by atoms with E-state index in [1.807, 2.05) is 37.3 Å². The molecule has 2 N–H and O–H groups in total. The van der Waals surface area contributed by atoms with Gasteiger partial charge in [0.25, 0.3) is 0 Å². The van der Waals surface area contributed by atoms with Crippen molar-refractivity contribution >= 4 is 33.9 Å². The minimum Gasteiger partial charge on any atom is -0.382 e. The highest BCUT2D eigenvalue weighted by Crippen LogP contribution is 2.15. The maximum absolute atomic E-state index is 5.27. The number of anilines is 1. The van der Waals surface area contributed by atoms with Crippen LogP contribution >= 0.6 is 12.2 Å². The predicted molar refractivity (Wildman–Crippen MR) is 87.1 cm³/mol. The Labute approximate surface area is 124 Å². The number of thiocarbonyl (C=S) groups is 1. The molecular formula is C15H19N3OS. The zero-order valence-electron chi connectivity index (χ0n) is 11.6. The van der Waals surface area contributed by atoms with Gasteiger partial charge in [0.05, 0.1) is 17.4 Å². The Morgan fingerprint density at radius 3 is 3.05 bits per heavy atom. The average Bonchev–Trinajstić information content (AvgIpc) is 2.47. The van der Waals surface area contributed by atoms with Crippen molar-refractivity contribution in [3.63, 3.8) is 0 Å². The van der Waals surface area contributed by atoms with Gasteiger partial charge >= 0.3 is 0 Å². The summed E-state index contributed by atoms with van der Waals surface area (Å²) in [6.45, 7) is 4.30. The van der Waals surface area contributed by atoms with Gasteiger partial charge in [-0.25, -0.2) is 0 Å². The summed E-state index contributed by atoms with van der Waals surface area (Å²) in [7, 11) is 0. The monoisotopic (exact) mass is 289 g/mol. The van der Waals surface area contributed by atoms with Gasteiger partial charge in [-0.15, -0.1) is 0 Å². The Kier molecular flexibility index (Phi) is 5.70. The third-order valence-electron chi connectivity index (χ3n) is 2.80. The number of nitrogens with zero attached hydrogens (tertiary/aromatic N) is 1. The lowest BCUT2D eigenvalue weighted by Gasteiger charge is -2.10. The van der Waals surface area contributed by atoms with Gasteiger partial charge in [-0.1, -0.05) is 18.2 Å². The van der Waals surface area contributed by atoms with Gasteiger partial charge in [0.1, 0.15) is 0 Å². The first-order chi connectivity index (χ1) is 9.79. The fourth-order valence-corrected chi connectivity index (χ4v) is 2.06. The number of nitrogens with one attached hydrogen (secondary N) is 2. The van der Waals surface area contributed by atoms with E-state index in [2.05, 4.69) is 15.6 Å². The molecule has 0 aliphatic carbocycles. The zero-order valence-corrected chi connectivity index (χ0v) is 12.4. The second-order valence-electron chi connectivity index (χ2n) is 4.35. The maximum Gasteiger partial charge on any atom is 0.170 e.